The number of nitrogens with one attached hydrogen (secondary N) is 1. The minimum atomic E-state index is -0.505. The van der Waals surface area contributed by atoms with Crippen molar-refractivity contribution in [2.45, 2.75) is 6.42 Å². The van der Waals surface area contributed by atoms with Gasteiger partial charge in [0.1, 0.15) is 11.3 Å². The Balaban J connectivity index is 1.54. The molecule has 0 fully saturated rings. The van der Waals surface area contributed by atoms with Crippen LogP contribution in [-0.2, 0) is 20.7 Å². The molecule has 0 spiro atoms. The summed E-state index contributed by atoms with van der Waals surface area (Å²) >= 11 is 3.32. The van der Waals surface area contributed by atoms with Crippen molar-refractivity contribution in [3.63, 3.8) is 0 Å². The summed E-state index contributed by atoms with van der Waals surface area (Å²) < 4.78 is 16.5. The van der Waals surface area contributed by atoms with Crippen molar-refractivity contribution in [2.75, 3.05) is 19.0 Å². The molecule has 1 heterocycles. The maximum atomic E-state index is 12.0. The monoisotopic (exact) mass is 417 g/mol. The van der Waals surface area contributed by atoms with E-state index < -0.39 is 11.9 Å². The molecule has 1 aromatic heterocycles. The van der Waals surface area contributed by atoms with Crippen LogP contribution in [0.15, 0.2) is 57.6 Å². The number of methoxy groups -OCH3 is 1. The Morgan fingerprint density at radius 3 is 2.65 bits per heavy atom. The van der Waals surface area contributed by atoms with Gasteiger partial charge in [0.15, 0.2) is 6.61 Å². The van der Waals surface area contributed by atoms with Crippen molar-refractivity contribution in [2.24, 2.45) is 0 Å². The first-order valence-corrected chi connectivity index (χ1v) is 8.59. The number of carbonyl (C=O) groups excluding carboxylic acids is 2. The zero-order chi connectivity index (χ0) is 18.5. The van der Waals surface area contributed by atoms with E-state index in [-0.39, 0.29) is 13.0 Å². The summed E-state index contributed by atoms with van der Waals surface area (Å²) in [6.07, 6.45) is 1.53. The predicted molar refractivity (Wildman–Crippen MR) is 100 cm³/mol. The van der Waals surface area contributed by atoms with Crippen molar-refractivity contribution in [1.29, 1.82) is 0 Å². The molecular weight excluding hydrogens is 402 g/mol. The molecule has 26 heavy (non-hydrogen) atoms. The Kier molecular flexibility index (Phi) is 5.58. The minimum absolute atomic E-state index is 0.0187. The number of anilines is 1. The van der Waals surface area contributed by atoms with Gasteiger partial charge in [0.2, 0.25) is 0 Å². The van der Waals surface area contributed by atoms with E-state index in [0.717, 1.165) is 9.86 Å². The van der Waals surface area contributed by atoms with Crippen LogP contribution in [0.25, 0.3) is 11.0 Å². The molecule has 0 saturated carbocycles. The van der Waals surface area contributed by atoms with Gasteiger partial charge in [0.25, 0.3) is 5.91 Å². The summed E-state index contributed by atoms with van der Waals surface area (Å²) in [6, 6.07) is 12.5. The van der Waals surface area contributed by atoms with Gasteiger partial charge in [-0.05, 0) is 36.4 Å². The number of fused-ring (bicyclic) bond motifs is 1. The minimum Gasteiger partial charge on any atom is -0.497 e. The second kappa shape index (κ2) is 8.05. The van der Waals surface area contributed by atoms with E-state index in [1.165, 1.54) is 6.26 Å². The fraction of sp³-hybridized carbons (Fsp3) is 0.158. The summed E-state index contributed by atoms with van der Waals surface area (Å²) in [7, 11) is 1.57. The van der Waals surface area contributed by atoms with Gasteiger partial charge >= 0.3 is 5.97 Å². The van der Waals surface area contributed by atoms with Crippen molar-refractivity contribution in [1.82, 2.24) is 0 Å². The molecule has 3 aromatic rings. The fourth-order valence-electron chi connectivity index (χ4n) is 2.41. The third-order valence-corrected chi connectivity index (χ3v) is 4.22. The van der Waals surface area contributed by atoms with Crippen LogP contribution < -0.4 is 10.1 Å². The number of rotatable bonds is 6. The number of halogens is 1. The third-order valence-electron chi connectivity index (χ3n) is 3.69. The summed E-state index contributed by atoms with van der Waals surface area (Å²) in [6.45, 7) is -0.349. The zero-order valence-electron chi connectivity index (χ0n) is 14.0. The van der Waals surface area contributed by atoms with E-state index in [0.29, 0.717) is 22.6 Å². The zero-order valence-corrected chi connectivity index (χ0v) is 15.5. The molecule has 2 aromatic carbocycles. The number of benzene rings is 2. The maximum absolute atomic E-state index is 12.0. The summed E-state index contributed by atoms with van der Waals surface area (Å²) in [4.78, 5) is 23.9. The Bertz CT molecular complexity index is 933. The fourth-order valence-corrected chi connectivity index (χ4v) is 2.67. The normalized spacial score (nSPS) is 10.5. The Labute approximate surface area is 158 Å². The number of ether oxygens (including phenoxy) is 2. The summed E-state index contributed by atoms with van der Waals surface area (Å²) in [5.74, 6) is -0.234. The van der Waals surface area contributed by atoms with Crippen LogP contribution in [0.5, 0.6) is 5.75 Å². The van der Waals surface area contributed by atoms with E-state index in [9.17, 15) is 9.59 Å². The van der Waals surface area contributed by atoms with Crippen LogP contribution in [0.4, 0.5) is 5.69 Å². The lowest BCUT2D eigenvalue weighted by Crippen LogP contribution is -2.21. The van der Waals surface area contributed by atoms with Crippen molar-refractivity contribution >= 4 is 44.5 Å². The van der Waals surface area contributed by atoms with E-state index in [1.807, 2.05) is 6.07 Å². The first-order valence-electron chi connectivity index (χ1n) is 7.80. The second-order valence-corrected chi connectivity index (χ2v) is 6.43. The molecule has 0 saturated heterocycles. The van der Waals surface area contributed by atoms with Gasteiger partial charge in [0, 0.05) is 27.2 Å². The van der Waals surface area contributed by atoms with Gasteiger partial charge in [-0.3, -0.25) is 9.59 Å². The predicted octanol–water partition coefficient (Wildman–Crippen LogP) is 3.93. The smallest absolute Gasteiger partial charge is 0.310 e. The van der Waals surface area contributed by atoms with Crippen molar-refractivity contribution in [3.05, 3.63) is 58.8 Å². The van der Waals surface area contributed by atoms with Gasteiger partial charge in [-0.2, -0.15) is 0 Å². The Morgan fingerprint density at radius 1 is 1.15 bits per heavy atom. The van der Waals surface area contributed by atoms with Crippen LogP contribution >= 0.6 is 15.9 Å². The molecule has 7 heteroatoms. The SMILES string of the molecule is COc1ccc2c(CC(=O)OCC(=O)Nc3ccc(Br)cc3)coc2c1. The van der Waals surface area contributed by atoms with Gasteiger partial charge in [0.05, 0.1) is 19.8 Å². The highest BCUT2D eigenvalue weighted by molar-refractivity contribution is 9.10. The molecule has 0 aliphatic rings. The molecule has 3 rings (SSSR count). The lowest BCUT2D eigenvalue weighted by atomic mass is 10.1. The molecule has 0 aliphatic heterocycles. The molecule has 0 radical (unpaired) electrons. The highest BCUT2D eigenvalue weighted by Gasteiger charge is 2.13. The first-order chi connectivity index (χ1) is 12.5. The number of hydrogen-bond acceptors (Lipinski definition) is 5. The Hall–Kier alpha value is -2.80. The molecule has 0 bridgehead atoms. The molecule has 1 N–H and O–H groups in total. The van der Waals surface area contributed by atoms with Crippen LogP contribution in [0, 0.1) is 0 Å². The number of esters is 1. The molecule has 0 unspecified atom stereocenters. The number of hydrogen-bond donors (Lipinski definition) is 1. The highest BCUT2D eigenvalue weighted by atomic mass is 79.9. The largest absolute Gasteiger partial charge is 0.497 e. The standard InChI is InChI=1S/C19H16BrNO5/c1-24-15-6-7-16-12(10-25-17(16)9-15)8-19(23)26-11-18(22)21-14-4-2-13(20)3-5-14/h2-7,9-10H,8,11H2,1H3,(H,21,22). The van der Waals surface area contributed by atoms with Crippen LogP contribution in [-0.4, -0.2) is 25.6 Å². The van der Waals surface area contributed by atoms with E-state index in [4.69, 9.17) is 13.9 Å². The summed E-state index contributed by atoms with van der Waals surface area (Å²) in [5, 5.41) is 3.46. The average molecular weight is 418 g/mol. The van der Waals surface area contributed by atoms with Crippen molar-refractivity contribution in [3.8, 4) is 5.75 Å². The molecule has 134 valence electrons. The van der Waals surface area contributed by atoms with Crippen LogP contribution in [0.2, 0.25) is 0 Å². The van der Waals surface area contributed by atoms with Gasteiger partial charge in [-0.1, -0.05) is 15.9 Å². The van der Waals surface area contributed by atoms with E-state index >= 15 is 0 Å². The lowest BCUT2D eigenvalue weighted by Gasteiger charge is -2.06. The van der Waals surface area contributed by atoms with Gasteiger partial charge in [-0.25, -0.2) is 0 Å². The number of amides is 1. The van der Waals surface area contributed by atoms with Crippen LogP contribution in [0.3, 0.4) is 0 Å². The highest BCUT2D eigenvalue weighted by Crippen LogP contribution is 2.26. The van der Waals surface area contributed by atoms with E-state index in [1.54, 1.807) is 43.5 Å². The molecule has 1 amide bonds. The number of furan rings is 1. The molecular formula is C19H16BrNO5. The van der Waals surface area contributed by atoms with Gasteiger partial charge in [-0.15, -0.1) is 0 Å². The molecule has 0 aliphatic carbocycles. The molecule has 0 atom stereocenters. The molecule has 6 nitrogen and oxygen atoms in total. The van der Waals surface area contributed by atoms with Crippen LogP contribution in [0.1, 0.15) is 5.56 Å². The third kappa shape index (κ3) is 4.43. The summed E-state index contributed by atoms with van der Waals surface area (Å²) in [5.41, 5.74) is 1.95. The van der Waals surface area contributed by atoms with Gasteiger partial charge < -0.3 is 19.2 Å². The average Bonchev–Trinajstić information content (AvgIpc) is 3.04. The first kappa shape index (κ1) is 18.0. The van der Waals surface area contributed by atoms with E-state index in [2.05, 4.69) is 21.2 Å². The Morgan fingerprint density at radius 2 is 1.92 bits per heavy atom. The lowest BCUT2D eigenvalue weighted by molar-refractivity contribution is -0.146. The number of carbonyl (C=O) groups is 2. The second-order valence-electron chi connectivity index (χ2n) is 5.52. The maximum Gasteiger partial charge on any atom is 0.310 e. The van der Waals surface area contributed by atoms with Crippen molar-refractivity contribution < 1.29 is 23.5 Å². The topological polar surface area (TPSA) is 77.8 Å². The quantitative estimate of drug-likeness (QED) is 0.614.